The first-order valence-corrected chi connectivity index (χ1v) is 6.52. The molecule has 2 N–H and O–H groups in total. The second kappa shape index (κ2) is 5.55. The second-order valence-corrected chi connectivity index (χ2v) is 4.80. The minimum Gasteiger partial charge on any atom is -0.335 e. The van der Waals surface area contributed by atoms with Crippen molar-refractivity contribution in [2.24, 2.45) is 5.73 Å². The molecule has 1 unspecified atom stereocenters. The van der Waals surface area contributed by atoms with Gasteiger partial charge < -0.3 is 10.3 Å². The third-order valence-corrected chi connectivity index (χ3v) is 3.68. The average Bonchev–Trinajstić information content (AvgIpc) is 2.79. The van der Waals surface area contributed by atoms with Crippen LogP contribution in [0.2, 0.25) is 5.02 Å². The Bertz CT molecular complexity index is 534. The smallest absolute Gasteiger partial charge is 0.110 e. The number of rotatable bonds is 4. The number of halogens is 1. The van der Waals surface area contributed by atoms with Crippen molar-refractivity contribution in [2.45, 2.75) is 32.9 Å². The molecular formula is C14H18ClN3. The third-order valence-electron chi connectivity index (χ3n) is 3.17. The molecule has 0 saturated carbocycles. The fraction of sp³-hybridized carbons (Fsp3) is 0.357. The van der Waals surface area contributed by atoms with Crippen LogP contribution < -0.4 is 5.73 Å². The van der Waals surface area contributed by atoms with Gasteiger partial charge >= 0.3 is 0 Å². The number of nitrogens with two attached hydrogens (primary N) is 1. The van der Waals surface area contributed by atoms with Crippen LogP contribution in [0.3, 0.4) is 0 Å². The predicted octanol–water partition coefficient (Wildman–Crippen LogP) is 3.11. The van der Waals surface area contributed by atoms with Crippen molar-refractivity contribution in [3.8, 4) is 0 Å². The van der Waals surface area contributed by atoms with E-state index in [1.807, 2.05) is 37.5 Å². The molecule has 0 bridgehead atoms. The zero-order valence-corrected chi connectivity index (χ0v) is 11.5. The highest BCUT2D eigenvalue weighted by Gasteiger charge is 2.14. The molecule has 0 radical (unpaired) electrons. The minimum absolute atomic E-state index is 0.120. The van der Waals surface area contributed by atoms with Gasteiger partial charge in [-0.25, -0.2) is 4.98 Å². The highest BCUT2D eigenvalue weighted by Crippen LogP contribution is 2.26. The summed E-state index contributed by atoms with van der Waals surface area (Å²) in [5, 5.41) is 0.764. The fourth-order valence-electron chi connectivity index (χ4n) is 2.08. The van der Waals surface area contributed by atoms with Crippen LogP contribution in [0.25, 0.3) is 0 Å². The van der Waals surface area contributed by atoms with E-state index in [1.54, 1.807) is 0 Å². The molecule has 0 aliphatic rings. The third kappa shape index (κ3) is 2.57. The molecule has 0 saturated heterocycles. The quantitative estimate of drug-likeness (QED) is 0.921. The number of benzene rings is 1. The van der Waals surface area contributed by atoms with Crippen LogP contribution in [0, 0.1) is 6.92 Å². The van der Waals surface area contributed by atoms with E-state index >= 15 is 0 Å². The van der Waals surface area contributed by atoms with E-state index in [1.165, 1.54) is 0 Å². The van der Waals surface area contributed by atoms with Crippen LogP contribution in [-0.2, 0) is 13.0 Å². The Kier molecular flexibility index (Phi) is 4.04. The molecule has 96 valence electrons. The lowest BCUT2D eigenvalue weighted by Gasteiger charge is -2.15. The van der Waals surface area contributed by atoms with Crippen LogP contribution in [0.1, 0.15) is 29.9 Å². The normalized spacial score (nSPS) is 12.7. The van der Waals surface area contributed by atoms with Gasteiger partial charge in [0.2, 0.25) is 0 Å². The van der Waals surface area contributed by atoms with E-state index in [0.717, 1.165) is 28.5 Å². The molecule has 1 aromatic heterocycles. The zero-order chi connectivity index (χ0) is 13.1. The number of aromatic nitrogens is 2. The number of aryl methyl sites for hydroxylation is 2. The van der Waals surface area contributed by atoms with Gasteiger partial charge in [-0.1, -0.05) is 29.8 Å². The summed E-state index contributed by atoms with van der Waals surface area (Å²) in [5.41, 5.74) is 8.29. The molecule has 1 heterocycles. The van der Waals surface area contributed by atoms with Crippen molar-refractivity contribution < 1.29 is 0 Å². The van der Waals surface area contributed by atoms with Crippen molar-refractivity contribution in [3.05, 3.63) is 52.6 Å². The lowest BCUT2D eigenvalue weighted by atomic mass is 10.0. The van der Waals surface area contributed by atoms with Crippen LogP contribution in [0.5, 0.6) is 0 Å². The van der Waals surface area contributed by atoms with Crippen molar-refractivity contribution in [1.29, 1.82) is 0 Å². The summed E-state index contributed by atoms with van der Waals surface area (Å²) in [6.07, 6.45) is 4.48. The predicted molar refractivity (Wildman–Crippen MR) is 74.7 cm³/mol. The summed E-state index contributed by atoms with van der Waals surface area (Å²) in [6.45, 7) is 4.99. The summed E-state index contributed by atoms with van der Waals surface area (Å²) in [4.78, 5) is 4.34. The van der Waals surface area contributed by atoms with Crippen molar-refractivity contribution in [2.75, 3.05) is 0 Å². The van der Waals surface area contributed by atoms with Gasteiger partial charge in [-0.15, -0.1) is 0 Å². The Morgan fingerprint density at radius 2 is 2.22 bits per heavy atom. The fourth-order valence-corrected chi connectivity index (χ4v) is 2.35. The zero-order valence-electron chi connectivity index (χ0n) is 10.7. The molecule has 18 heavy (non-hydrogen) atoms. The average molecular weight is 264 g/mol. The molecule has 0 aliphatic carbocycles. The first-order chi connectivity index (χ1) is 8.63. The SMILES string of the molecule is CCn1ccnc1CC(N)c1cccc(C)c1Cl. The largest absolute Gasteiger partial charge is 0.335 e. The van der Waals surface area contributed by atoms with E-state index in [0.29, 0.717) is 6.42 Å². The standard InChI is InChI=1S/C14H18ClN3/c1-3-18-8-7-17-13(18)9-12(16)11-6-4-5-10(2)14(11)15/h4-8,12H,3,9,16H2,1-2H3. The highest BCUT2D eigenvalue weighted by molar-refractivity contribution is 6.32. The van der Waals surface area contributed by atoms with E-state index in [4.69, 9.17) is 17.3 Å². The summed E-state index contributed by atoms with van der Waals surface area (Å²) >= 11 is 6.29. The molecule has 0 amide bonds. The Hall–Kier alpha value is -1.32. The topological polar surface area (TPSA) is 43.8 Å². The lowest BCUT2D eigenvalue weighted by molar-refractivity contribution is 0.628. The van der Waals surface area contributed by atoms with Gasteiger partial charge in [-0.2, -0.15) is 0 Å². The molecule has 0 aliphatic heterocycles. The summed E-state index contributed by atoms with van der Waals surface area (Å²) in [6, 6.07) is 5.85. The van der Waals surface area contributed by atoms with Crippen LogP contribution in [0.15, 0.2) is 30.6 Å². The maximum absolute atomic E-state index is 6.29. The van der Waals surface area contributed by atoms with Gasteiger partial charge in [0.1, 0.15) is 5.82 Å². The molecule has 0 fully saturated rings. The van der Waals surface area contributed by atoms with E-state index < -0.39 is 0 Å². The number of nitrogens with zero attached hydrogens (tertiary/aromatic N) is 2. The van der Waals surface area contributed by atoms with Gasteiger partial charge in [-0.3, -0.25) is 0 Å². The first-order valence-electron chi connectivity index (χ1n) is 6.14. The van der Waals surface area contributed by atoms with E-state index in [-0.39, 0.29) is 6.04 Å². The molecule has 2 rings (SSSR count). The van der Waals surface area contributed by atoms with E-state index in [2.05, 4.69) is 16.5 Å². The number of hydrogen-bond donors (Lipinski definition) is 1. The Morgan fingerprint density at radius 3 is 2.94 bits per heavy atom. The van der Waals surface area contributed by atoms with Crippen LogP contribution in [-0.4, -0.2) is 9.55 Å². The summed E-state index contributed by atoms with van der Waals surface area (Å²) in [7, 11) is 0. The van der Waals surface area contributed by atoms with Crippen molar-refractivity contribution >= 4 is 11.6 Å². The number of imidazole rings is 1. The molecule has 3 nitrogen and oxygen atoms in total. The molecule has 1 aromatic carbocycles. The maximum Gasteiger partial charge on any atom is 0.110 e. The van der Waals surface area contributed by atoms with Crippen molar-refractivity contribution in [1.82, 2.24) is 9.55 Å². The maximum atomic E-state index is 6.29. The molecule has 2 aromatic rings. The van der Waals surface area contributed by atoms with Crippen molar-refractivity contribution in [3.63, 3.8) is 0 Å². The van der Waals surface area contributed by atoms with Crippen LogP contribution >= 0.6 is 11.6 Å². The monoisotopic (exact) mass is 263 g/mol. The van der Waals surface area contributed by atoms with Gasteiger partial charge in [0.15, 0.2) is 0 Å². The number of hydrogen-bond acceptors (Lipinski definition) is 2. The van der Waals surface area contributed by atoms with Gasteiger partial charge in [-0.05, 0) is 25.0 Å². The lowest BCUT2D eigenvalue weighted by Crippen LogP contribution is -2.17. The molecule has 4 heteroatoms. The molecular weight excluding hydrogens is 246 g/mol. The van der Waals surface area contributed by atoms with Gasteiger partial charge in [0.25, 0.3) is 0 Å². The van der Waals surface area contributed by atoms with E-state index in [9.17, 15) is 0 Å². The molecule has 0 spiro atoms. The first kappa shape index (κ1) is 13.1. The highest BCUT2D eigenvalue weighted by atomic mass is 35.5. The molecule has 1 atom stereocenters. The van der Waals surface area contributed by atoms with Crippen LogP contribution in [0.4, 0.5) is 0 Å². The van der Waals surface area contributed by atoms with Gasteiger partial charge in [0, 0.05) is 36.4 Å². The van der Waals surface area contributed by atoms with Gasteiger partial charge in [0.05, 0.1) is 0 Å². The second-order valence-electron chi connectivity index (χ2n) is 4.42. The summed E-state index contributed by atoms with van der Waals surface area (Å²) < 4.78 is 2.10. The Balaban J connectivity index is 2.22. The Labute approximate surface area is 113 Å². The minimum atomic E-state index is -0.120. The summed E-state index contributed by atoms with van der Waals surface area (Å²) in [5.74, 6) is 1.00. The Morgan fingerprint density at radius 1 is 1.44 bits per heavy atom.